The van der Waals surface area contributed by atoms with Crippen LogP contribution in [0, 0.1) is 0 Å². The Balaban J connectivity index is 1.77. The molecule has 116 valence electrons. The lowest BCUT2D eigenvalue weighted by atomic mass is 10.2. The summed E-state index contributed by atoms with van der Waals surface area (Å²) in [5.41, 5.74) is 1.90. The van der Waals surface area contributed by atoms with Crippen molar-refractivity contribution >= 4 is 17.5 Å². The van der Waals surface area contributed by atoms with Crippen LogP contribution in [0.2, 0.25) is 0 Å². The molecular weight excluding hydrogens is 280 g/mol. The van der Waals surface area contributed by atoms with Crippen LogP contribution in [0.3, 0.4) is 0 Å². The van der Waals surface area contributed by atoms with Crippen molar-refractivity contribution in [1.82, 2.24) is 9.97 Å². The molecule has 0 spiro atoms. The van der Waals surface area contributed by atoms with Gasteiger partial charge in [0, 0.05) is 30.8 Å². The number of aromatic nitrogens is 2. The van der Waals surface area contributed by atoms with Crippen molar-refractivity contribution in [2.24, 2.45) is 0 Å². The highest BCUT2D eigenvalue weighted by Crippen LogP contribution is 2.40. The minimum Gasteiger partial charge on any atom is -0.508 e. The first-order valence-electron chi connectivity index (χ1n) is 7.54. The van der Waals surface area contributed by atoms with Crippen LogP contribution >= 0.6 is 0 Å². The molecule has 1 saturated carbocycles. The van der Waals surface area contributed by atoms with Crippen LogP contribution in [0.4, 0.5) is 17.5 Å². The zero-order valence-corrected chi connectivity index (χ0v) is 12.3. The first kappa shape index (κ1) is 14.6. The molecule has 6 nitrogen and oxygen atoms in total. The van der Waals surface area contributed by atoms with E-state index in [-0.39, 0.29) is 12.4 Å². The Kier molecular flexibility index (Phi) is 4.39. The summed E-state index contributed by atoms with van der Waals surface area (Å²) >= 11 is 0. The second kappa shape index (κ2) is 6.62. The third-order valence-corrected chi connectivity index (χ3v) is 3.50. The van der Waals surface area contributed by atoms with Gasteiger partial charge in [0.2, 0.25) is 5.95 Å². The van der Waals surface area contributed by atoms with Crippen molar-refractivity contribution in [3.05, 3.63) is 36.0 Å². The van der Waals surface area contributed by atoms with Gasteiger partial charge in [-0.15, -0.1) is 0 Å². The number of aromatic hydroxyl groups is 1. The first-order valence-corrected chi connectivity index (χ1v) is 7.54. The van der Waals surface area contributed by atoms with E-state index in [0.29, 0.717) is 24.8 Å². The maximum Gasteiger partial charge on any atom is 0.224 e. The summed E-state index contributed by atoms with van der Waals surface area (Å²) in [6, 6.07) is 8.83. The van der Waals surface area contributed by atoms with E-state index in [1.54, 1.807) is 24.3 Å². The topological polar surface area (TPSA) is 90.3 Å². The molecule has 1 aromatic heterocycles. The van der Waals surface area contributed by atoms with Crippen molar-refractivity contribution in [1.29, 1.82) is 0 Å². The van der Waals surface area contributed by atoms with E-state index in [2.05, 4.69) is 20.6 Å². The van der Waals surface area contributed by atoms with Gasteiger partial charge in [-0.3, -0.25) is 0 Å². The number of hydrogen-bond acceptors (Lipinski definition) is 6. The molecule has 1 aliphatic carbocycles. The van der Waals surface area contributed by atoms with E-state index in [9.17, 15) is 5.11 Å². The van der Waals surface area contributed by atoms with E-state index >= 15 is 0 Å². The molecular formula is C16H20N4O2. The summed E-state index contributed by atoms with van der Waals surface area (Å²) < 4.78 is 0. The number of nitrogens with one attached hydrogen (secondary N) is 2. The summed E-state index contributed by atoms with van der Waals surface area (Å²) in [7, 11) is 0. The van der Waals surface area contributed by atoms with Crippen molar-refractivity contribution in [2.75, 3.05) is 23.8 Å². The smallest absolute Gasteiger partial charge is 0.224 e. The van der Waals surface area contributed by atoms with Crippen molar-refractivity contribution in [3.8, 4) is 5.75 Å². The van der Waals surface area contributed by atoms with Gasteiger partial charge in [-0.1, -0.05) is 0 Å². The third-order valence-electron chi connectivity index (χ3n) is 3.50. The van der Waals surface area contributed by atoms with Crippen LogP contribution in [-0.2, 0) is 0 Å². The number of rotatable bonds is 7. The predicted molar refractivity (Wildman–Crippen MR) is 85.6 cm³/mol. The number of phenolic OH excluding ortho intramolecular Hbond substituents is 1. The van der Waals surface area contributed by atoms with Crippen LogP contribution < -0.4 is 10.6 Å². The van der Waals surface area contributed by atoms with Gasteiger partial charge in [-0.2, -0.15) is 4.98 Å². The summed E-state index contributed by atoms with van der Waals surface area (Å²) in [6.07, 6.45) is 3.01. The third kappa shape index (κ3) is 3.85. The number of phenols is 1. The lowest BCUT2D eigenvalue weighted by molar-refractivity contribution is 0.292. The molecule has 0 amide bonds. The average molecular weight is 300 g/mol. The molecule has 0 aliphatic heterocycles. The molecule has 0 saturated heterocycles. The lowest BCUT2D eigenvalue weighted by Gasteiger charge is -2.11. The molecule has 0 bridgehead atoms. The lowest BCUT2D eigenvalue weighted by Crippen LogP contribution is -2.09. The highest BCUT2D eigenvalue weighted by atomic mass is 16.3. The molecule has 22 heavy (non-hydrogen) atoms. The van der Waals surface area contributed by atoms with Crippen LogP contribution in [0.25, 0.3) is 0 Å². The van der Waals surface area contributed by atoms with E-state index in [1.807, 2.05) is 6.07 Å². The molecule has 0 radical (unpaired) electrons. The molecule has 1 aliphatic rings. The van der Waals surface area contributed by atoms with Gasteiger partial charge in [-0.25, -0.2) is 4.98 Å². The van der Waals surface area contributed by atoms with Crippen molar-refractivity contribution in [2.45, 2.75) is 25.2 Å². The van der Waals surface area contributed by atoms with Gasteiger partial charge < -0.3 is 20.8 Å². The van der Waals surface area contributed by atoms with Gasteiger partial charge in [0.25, 0.3) is 0 Å². The minimum atomic E-state index is 0.147. The highest BCUT2D eigenvalue weighted by Gasteiger charge is 2.26. The van der Waals surface area contributed by atoms with Gasteiger partial charge in [0.1, 0.15) is 11.6 Å². The summed E-state index contributed by atoms with van der Waals surface area (Å²) in [5.74, 6) is 2.08. The van der Waals surface area contributed by atoms with E-state index in [0.717, 1.165) is 17.2 Å². The molecule has 1 heterocycles. The number of aliphatic hydroxyl groups excluding tert-OH is 1. The molecule has 0 unspecified atom stereocenters. The molecule has 4 N–H and O–H groups in total. The Morgan fingerprint density at radius 1 is 1.14 bits per heavy atom. The molecule has 6 heteroatoms. The maximum absolute atomic E-state index is 9.33. The van der Waals surface area contributed by atoms with Crippen molar-refractivity contribution < 1.29 is 10.2 Å². The fourth-order valence-electron chi connectivity index (χ4n) is 2.17. The molecule has 1 aromatic carbocycles. The second-order valence-corrected chi connectivity index (χ2v) is 5.45. The molecule has 0 atom stereocenters. The average Bonchev–Trinajstić information content (AvgIpc) is 3.35. The Hall–Kier alpha value is -2.34. The summed E-state index contributed by atoms with van der Waals surface area (Å²) in [4.78, 5) is 8.99. The van der Waals surface area contributed by atoms with Gasteiger partial charge in [-0.05, 0) is 43.5 Å². The summed E-state index contributed by atoms with van der Waals surface area (Å²) in [6.45, 7) is 0.789. The number of benzene rings is 1. The van der Waals surface area contributed by atoms with Crippen molar-refractivity contribution in [3.63, 3.8) is 0 Å². The molecule has 1 fully saturated rings. The normalized spacial score (nSPS) is 13.9. The largest absolute Gasteiger partial charge is 0.508 e. The molecule has 2 aromatic rings. The Morgan fingerprint density at radius 2 is 1.91 bits per heavy atom. The van der Waals surface area contributed by atoms with Crippen LogP contribution in [-0.4, -0.2) is 33.3 Å². The quantitative estimate of drug-likeness (QED) is 0.464. The van der Waals surface area contributed by atoms with Crippen LogP contribution in [0.15, 0.2) is 30.3 Å². The standard InChI is InChI=1S/C16H20N4O2/c21-9-1-8-17-16-19-14(11-2-3-11)10-15(20-16)18-12-4-6-13(22)7-5-12/h4-7,10-11,21-22H,1-3,8-9H2,(H2,17,18,19,20). The number of anilines is 3. The zero-order chi connectivity index (χ0) is 15.4. The predicted octanol–water partition coefficient (Wildman–Crippen LogP) is 2.60. The van der Waals surface area contributed by atoms with Gasteiger partial charge in [0.05, 0.1) is 5.69 Å². The van der Waals surface area contributed by atoms with Crippen LogP contribution in [0.1, 0.15) is 30.9 Å². The fourth-order valence-corrected chi connectivity index (χ4v) is 2.17. The number of aliphatic hydroxyl groups is 1. The van der Waals surface area contributed by atoms with Crippen LogP contribution in [0.5, 0.6) is 5.75 Å². The fraction of sp³-hybridized carbons (Fsp3) is 0.375. The highest BCUT2D eigenvalue weighted by molar-refractivity contribution is 5.58. The Labute approximate surface area is 129 Å². The number of hydrogen-bond donors (Lipinski definition) is 4. The number of nitrogens with zero attached hydrogens (tertiary/aromatic N) is 2. The van der Waals surface area contributed by atoms with Gasteiger partial charge in [0.15, 0.2) is 0 Å². The summed E-state index contributed by atoms with van der Waals surface area (Å²) in [5, 5.41) is 24.6. The van der Waals surface area contributed by atoms with E-state index in [4.69, 9.17) is 5.11 Å². The van der Waals surface area contributed by atoms with E-state index in [1.165, 1.54) is 12.8 Å². The second-order valence-electron chi connectivity index (χ2n) is 5.45. The minimum absolute atomic E-state index is 0.147. The zero-order valence-electron chi connectivity index (χ0n) is 12.3. The Bertz CT molecular complexity index is 627. The maximum atomic E-state index is 9.33. The molecule has 3 rings (SSSR count). The Morgan fingerprint density at radius 3 is 2.59 bits per heavy atom. The SMILES string of the molecule is OCCCNc1nc(Nc2ccc(O)cc2)cc(C2CC2)n1. The first-order chi connectivity index (χ1) is 10.7. The van der Waals surface area contributed by atoms with E-state index < -0.39 is 0 Å². The monoisotopic (exact) mass is 300 g/mol. The van der Waals surface area contributed by atoms with Gasteiger partial charge >= 0.3 is 0 Å².